The van der Waals surface area contributed by atoms with Crippen molar-refractivity contribution in [3.8, 4) is 5.88 Å². The minimum atomic E-state index is -4.19. The minimum Gasteiger partial charge on any atom is -0.477 e. The molecule has 7 heteroatoms. The molecule has 0 radical (unpaired) electrons. The summed E-state index contributed by atoms with van der Waals surface area (Å²) in [5.41, 5.74) is -0.375. The highest BCUT2D eigenvalue weighted by atomic mass is 19.4. The largest absolute Gasteiger partial charge is 0.477 e. The Morgan fingerprint density at radius 1 is 1.44 bits per heavy atom. The zero-order valence-corrected chi connectivity index (χ0v) is 10.2. The third-order valence-electron chi connectivity index (χ3n) is 2.14. The second kappa shape index (κ2) is 5.88. The van der Waals surface area contributed by atoms with Crippen LogP contribution in [0.5, 0.6) is 5.88 Å². The van der Waals surface area contributed by atoms with E-state index in [4.69, 9.17) is 4.74 Å². The van der Waals surface area contributed by atoms with Crippen LogP contribution in [-0.2, 0) is 0 Å². The van der Waals surface area contributed by atoms with E-state index in [0.29, 0.717) is 5.82 Å². The maximum Gasteiger partial charge on any atom is 0.389 e. The number of aromatic amines is 1. The maximum atomic E-state index is 11.9. The number of hydrogen-bond donors (Lipinski definition) is 1. The van der Waals surface area contributed by atoms with Crippen LogP contribution in [0.25, 0.3) is 0 Å². The molecule has 0 aliphatic rings. The van der Waals surface area contributed by atoms with Crippen molar-refractivity contribution in [2.45, 2.75) is 38.8 Å². The number of ether oxygens (including phenoxy) is 1. The summed E-state index contributed by atoms with van der Waals surface area (Å²) in [4.78, 5) is 17.8. The number of rotatable bonds is 5. The van der Waals surface area contributed by atoms with Crippen LogP contribution < -0.4 is 10.3 Å². The summed E-state index contributed by atoms with van der Waals surface area (Å²) in [6.45, 7) is 3.56. The first-order valence-electron chi connectivity index (χ1n) is 5.59. The average Bonchev–Trinajstić information content (AvgIpc) is 2.22. The summed E-state index contributed by atoms with van der Waals surface area (Å²) in [5.74, 6) is 0.523. The van der Waals surface area contributed by atoms with E-state index in [9.17, 15) is 18.0 Å². The molecule has 1 aromatic rings. The molecule has 0 amide bonds. The van der Waals surface area contributed by atoms with Gasteiger partial charge in [0.25, 0.3) is 5.56 Å². The van der Waals surface area contributed by atoms with Crippen LogP contribution in [0.4, 0.5) is 13.2 Å². The van der Waals surface area contributed by atoms with Gasteiger partial charge >= 0.3 is 6.18 Å². The van der Waals surface area contributed by atoms with Gasteiger partial charge in [-0.1, -0.05) is 13.8 Å². The van der Waals surface area contributed by atoms with Gasteiger partial charge in [0.2, 0.25) is 5.88 Å². The fourth-order valence-corrected chi connectivity index (χ4v) is 1.25. The standard InChI is InChI=1S/C11H15F3N2O2/c1-7(2)10-15-8(17)6-9(16-10)18-5-3-4-11(12,13)14/h6-7H,3-5H2,1-2H3,(H,15,16,17). The van der Waals surface area contributed by atoms with E-state index in [2.05, 4.69) is 9.97 Å². The van der Waals surface area contributed by atoms with E-state index in [1.165, 1.54) is 0 Å². The predicted octanol–water partition coefficient (Wildman–Crippen LogP) is 2.61. The lowest BCUT2D eigenvalue weighted by Gasteiger charge is -2.09. The molecule has 0 spiro atoms. The van der Waals surface area contributed by atoms with Crippen molar-refractivity contribution >= 4 is 0 Å². The Bertz CT molecular complexity index is 441. The number of hydrogen-bond acceptors (Lipinski definition) is 3. The molecule has 0 atom stereocenters. The van der Waals surface area contributed by atoms with Gasteiger partial charge < -0.3 is 9.72 Å². The molecule has 0 aliphatic heterocycles. The lowest BCUT2D eigenvalue weighted by molar-refractivity contribution is -0.136. The topological polar surface area (TPSA) is 55.0 Å². The van der Waals surface area contributed by atoms with E-state index in [0.717, 1.165) is 6.07 Å². The lowest BCUT2D eigenvalue weighted by atomic mass is 10.2. The smallest absolute Gasteiger partial charge is 0.389 e. The molecule has 0 unspecified atom stereocenters. The van der Waals surface area contributed by atoms with E-state index in [-0.39, 0.29) is 30.4 Å². The van der Waals surface area contributed by atoms with E-state index in [1.54, 1.807) is 0 Å². The summed E-state index contributed by atoms with van der Waals surface area (Å²) in [6.07, 6.45) is -5.25. The summed E-state index contributed by atoms with van der Waals surface area (Å²) in [6, 6.07) is 1.12. The van der Waals surface area contributed by atoms with Crippen molar-refractivity contribution in [1.82, 2.24) is 9.97 Å². The molecular weight excluding hydrogens is 249 g/mol. The van der Waals surface area contributed by atoms with Crippen LogP contribution in [0.1, 0.15) is 38.4 Å². The van der Waals surface area contributed by atoms with E-state index < -0.39 is 12.6 Å². The highest BCUT2D eigenvalue weighted by molar-refractivity contribution is 5.10. The molecule has 0 saturated heterocycles. The zero-order chi connectivity index (χ0) is 13.8. The number of nitrogens with one attached hydrogen (secondary N) is 1. The van der Waals surface area contributed by atoms with Crippen molar-refractivity contribution < 1.29 is 17.9 Å². The maximum absolute atomic E-state index is 11.9. The Labute approximate surface area is 102 Å². The summed E-state index contributed by atoms with van der Waals surface area (Å²) in [7, 11) is 0. The number of nitrogens with zero attached hydrogens (tertiary/aromatic N) is 1. The minimum absolute atomic E-state index is 0.0106. The fourth-order valence-electron chi connectivity index (χ4n) is 1.25. The Kier molecular flexibility index (Phi) is 4.75. The van der Waals surface area contributed by atoms with Crippen LogP contribution in [0, 0.1) is 0 Å². The average molecular weight is 264 g/mol. The van der Waals surface area contributed by atoms with Gasteiger partial charge in [0.15, 0.2) is 0 Å². The molecule has 0 aliphatic carbocycles. The first-order chi connectivity index (χ1) is 8.28. The first kappa shape index (κ1) is 14.5. The third kappa shape index (κ3) is 5.20. The van der Waals surface area contributed by atoms with Crippen molar-refractivity contribution in [1.29, 1.82) is 0 Å². The van der Waals surface area contributed by atoms with Gasteiger partial charge in [-0.3, -0.25) is 4.79 Å². The van der Waals surface area contributed by atoms with Gasteiger partial charge in [-0.05, 0) is 6.42 Å². The molecule has 0 aromatic carbocycles. The van der Waals surface area contributed by atoms with E-state index in [1.807, 2.05) is 13.8 Å². The molecule has 1 aromatic heterocycles. The van der Waals surface area contributed by atoms with Crippen molar-refractivity contribution in [3.63, 3.8) is 0 Å². The quantitative estimate of drug-likeness (QED) is 0.832. The molecule has 102 valence electrons. The van der Waals surface area contributed by atoms with Crippen molar-refractivity contribution in [2.75, 3.05) is 6.61 Å². The normalized spacial score (nSPS) is 11.9. The Balaban J connectivity index is 2.55. The summed E-state index contributed by atoms with van der Waals surface area (Å²) >= 11 is 0. The number of halogens is 3. The Morgan fingerprint density at radius 2 is 2.11 bits per heavy atom. The first-order valence-corrected chi connectivity index (χ1v) is 5.59. The highest BCUT2D eigenvalue weighted by Gasteiger charge is 2.26. The SMILES string of the molecule is CC(C)c1nc(OCCCC(F)(F)F)cc(=O)[nH]1. The summed E-state index contributed by atoms with van der Waals surface area (Å²) < 4.78 is 40.7. The van der Waals surface area contributed by atoms with Gasteiger partial charge in [0.1, 0.15) is 5.82 Å². The molecule has 18 heavy (non-hydrogen) atoms. The third-order valence-corrected chi connectivity index (χ3v) is 2.14. The van der Waals surface area contributed by atoms with Crippen LogP contribution in [0.15, 0.2) is 10.9 Å². The number of aromatic nitrogens is 2. The summed E-state index contributed by atoms with van der Waals surface area (Å²) in [5, 5.41) is 0. The van der Waals surface area contributed by atoms with Gasteiger partial charge in [-0.25, -0.2) is 0 Å². The molecule has 4 nitrogen and oxygen atoms in total. The molecule has 1 rings (SSSR count). The molecular formula is C11H15F3N2O2. The monoisotopic (exact) mass is 264 g/mol. The van der Waals surface area contributed by atoms with Gasteiger partial charge in [0.05, 0.1) is 12.7 Å². The molecule has 0 fully saturated rings. The van der Waals surface area contributed by atoms with Crippen LogP contribution in [0.3, 0.4) is 0 Å². The second-order valence-electron chi connectivity index (χ2n) is 4.19. The molecule has 0 bridgehead atoms. The molecule has 0 saturated carbocycles. The van der Waals surface area contributed by atoms with Gasteiger partial charge in [0, 0.05) is 12.3 Å². The zero-order valence-electron chi connectivity index (χ0n) is 10.2. The lowest BCUT2D eigenvalue weighted by Crippen LogP contribution is -2.14. The number of alkyl halides is 3. The van der Waals surface area contributed by atoms with Crippen LogP contribution >= 0.6 is 0 Å². The number of H-pyrrole nitrogens is 1. The van der Waals surface area contributed by atoms with Gasteiger partial charge in [-0.2, -0.15) is 18.2 Å². The Morgan fingerprint density at radius 3 is 2.67 bits per heavy atom. The predicted molar refractivity (Wildman–Crippen MR) is 59.7 cm³/mol. The van der Waals surface area contributed by atoms with E-state index >= 15 is 0 Å². The highest BCUT2D eigenvalue weighted by Crippen LogP contribution is 2.21. The van der Waals surface area contributed by atoms with Crippen molar-refractivity contribution in [2.24, 2.45) is 0 Å². The van der Waals surface area contributed by atoms with Crippen LogP contribution in [0.2, 0.25) is 0 Å². The second-order valence-corrected chi connectivity index (χ2v) is 4.19. The Hall–Kier alpha value is -1.53. The molecule has 1 heterocycles. The van der Waals surface area contributed by atoms with Crippen LogP contribution in [-0.4, -0.2) is 22.8 Å². The van der Waals surface area contributed by atoms with Crippen molar-refractivity contribution in [3.05, 3.63) is 22.2 Å². The fraction of sp³-hybridized carbons (Fsp3) is 0.636. The molecule has 1 N–H and O–H groups in total. The van der Waals surface area contributed by atoms with Gasteiger partial charge in [-0.15, -0.1) is 0 Å².